The van der Waals surface area contributed by atoms with E-state index in [1.54, 1.807) is 16.8 Å². The Kier molecular flexibility index (Phi) is 4.46. The number of urea groups is 1. The van der Waals surface area contributed by atoms with Crippen LogP contribution in [-0.4, -0.2) is 29.1 Å². The number of hydrogen-bond acceptors (Lipinski definition) is 4. The Morgan fingerprint density at radius 2 is 2.18 bits per heavy atom. The molecule has 1 heterocycles. The van der Waals surface area contributed by atoms with Gasteiger partial charge in [0.2, 0.25) is 5.91 Å². The van der Waals surface area contributed by atoms with Crippen LogP contribution in [0.25, 0.3) is 0 Å². The molecule has 0 bridgehead atoms. The normalized spacial score (nSPS) is 11.5. The molecule has 1 unspecified atom stereocenters. The maximum absolute atomic E-state index is 11.4. The quantitative estimate of drug-likeness (QED) is 0.601. The number of primary amides is 1. The fourth-order valence-electron chi connectivity index (χ4n) is 1.06. The maximum Gasteiger partial charge on any atom is 0.326 e. The van der Waals surface area contributed by atoms with E-state index in [1.807, 2.05) is 0 Å². The van der Waals surface area contributed by atoms with Crippen molar-refractivity contribution >= 4 is 34.9 Å². The Bertz CT molecular complexity index is 418. The number of aliphatic carboxylic acids is 1. The Labute approximate surface area is 101 Å². The molecule has 5 N–H and O–H groups in total. The van der Waals surface area contributed by atoms with E-state index in [-0.39, 0.29) is 0 Å². The Hall–Kier alpha value is -2.09. The lowest BCUT2D eigenvalue weighted by molar-refractivity contribution is -0.140. The van der Waals surface area contributed by atoms with Crippen molar-refractivity contribution in [2.24, 2.45) is 5.73 Å². The molecule has 0 aromatic carbocycles. The van der Waals surface area contributed by atoms with Crippen LogP contribution in [-0.2, 0) is 9.59 Å². The molecule has 8 heteroatoms. The average molecular weight is 257 g/mol. The third-order valence-electron chi connectivity index (χ3n) is 1.79. The molecule has 0 spiro atoms. The van der Waals surface area contributed by atoms with E-state index in [9.17, 15) is 14.4 Å². The predicted octanol–water partition coefficient (Wildman–Crippen LogP) is 0.198. The van der Waals surface area contributed by atoms with Crippen molar-refractivity contribution in [2.75, 3.05) is 5.32 Å². The van der Waals surface area contributed by atoms with Gasteiger partial charge in [0.05, 0.1) is 12.1 Å². The van der Waals surface area contributed by atoms with Gasteiger partial charge in [0.25, 0.3) is 0 Å². The molecule has 0 aliphatic heterocycles. The molecule has 1 aromatic heterocycles. The molecule has 0 saturated carbocycles. The van der Waals surface area contributed by atoms with Crippen LogP contribution in [0.1, 0.15) is 6.42 Å². The summed E-state index contributed by atoms with van der Waals surface area (Å²) in [7, 11) is 0. The lowest BCUT2D eigenvalue weighted by Crippen LogP contribution is -2.45. The Morgan fingerprint density at radius 3 is 2.65 bits per heavy atom. The highest BCUT2D eigenvalue weighted by atomic mass is 32.1. The molecule has 0 saturated heterocycles. The first kappa shape index (κ1) is 13.0. The number of nitrogens with one attached hydrogen (secondary N) is 2. The smallest absolute Gasteiger partial charge is 0.326 e. The molecule has 1 rings (SSSR count). The van der Waals surface area contributed by atoms with E-state index in [1.165, 1.54) is 11.3 Å². The lowest BCUT2D eigenvalue weighted by atomic mass is 10.2. The number of hydrogen-bond donors (Lipinski definition) is 4. The minimum atomic E-state index is -1.33. The molecule has 7 nitrogen and oxygen atoms in total. The van der Waals surface area contributed by atoms with Crippen molar-refractivity contribution in [3.63, 3.8) is 0 Å². The molecule has 0 aliphatic rings. The van der Waals surface area contributed by atoms with Crippen LogP contribution in [0.2, 0.25) is 0 Å². The molecular formula is C9H11N3O4S. The van der Waals surface area contributed by atoms with Crippen LogP contribution in [0, 0.1) is 0 Å². The number of carboxylic acids is 1. The summed E-state index contributed by atoms with van der Waals surface area (Å²) < 4.78 is 0. The number of rotatable bonds is 5. The summed E-state index contributed by atoms with van der Waals surface area (Å²) in [5.74, 6) is -2.11. The van der Waals surface area contributed by atoms with Gasteiger partial charge in [-0.2, -0.15) is 11.3 Å². The summed E-state index contributed by atoms with van der Waals surface area (Å²) in [5.41, 5.74) is 5.42. The van der Waals surface area contributed by atoms with Crippen molar-refractivity contribution in [3.05, 3.63) is 16.8 Å². The molecule has 1 aromatic rings. The summed E-state index contributed by atoms with van der Waals surface area (Å²) in [6.07, 6.45) is -0.452. The van der Waals surface area contributed by atoms with Gasteiger partial charge in [-0.15, -0.1) is 0 Å². The summed E-state index contributed by atoms with van der Waals surface area (Å²) in [4.78, 5) is 32.7. The van der Waals surface area contributed by atoms with E-state index in [4.69, 9.17) is 10.8 Å². The first-order valence-electron chi connectivity index (χ1n) is 4.60. The SMILES string of the molecule is NC(=O)CC(NC(=O)Nc1ccsc1)C(=O)O. The van der Waals surface area contributed by atoms with Gasteiger partial charge in [0, 0.05) is 5.38 Å². The Balaban J connectivity index is 2.52. The molecule has 0 aliphatic carbocycles. The van der Waals surface area contributed by atoms with Crippen molar-refractivity contribution in [3.8, 4) is 0 Å². The second kappa shape index (κ2) is 5.85. The van der Waals surface area contributed by atoms with E-state index in [2.05, 4.69) is 10.6 Å². The molecule has 0 fully saturated rings. The van der Waals surface area contributed by atoms with Gasteiger partial charge in [0.1, 0.15) is 6.04 Å². The van der Waals surface area contributed by atoms with Gasteiger partial charge >= 0.3 is 12.0 Å². The second-order valence-electron chi connectivity index (χ2n) is 3.17. The topological polar surface area (TPSA) is 122 Å². The lowest BCUT2D eigenvalue weighted by Gasteiger charge is -2.12. The average Bonchev–Trinajstić information content (AvgIpc) is 2.68. The molecule has 1 atom stereocenters. The van der Waals surface area contributed by atoms with Gasteiger partial charge < -0.3 is 21.5 Å². The third kappa shape index (κ3) is 4.51. The first-order chi connectivity index (χ1) is 7.99. The van der Waals surface area contributed by atoms with Gasteiger partial charge in [-0.1, -0.05) is 0 Å². The van der Waals surface area contributed by atoms with Crippen LogP contribution in [0.4, 0.5) is 10.5 Å². The van der Waals surface area contributed by atoms with E-state index in [0.717, 1.165) is 0 Å². The summed E-state index contributed by atoms with van der Waals surface area (Å²) in [5, 5.41) is 16.8. The van der Waals surface area contributed by atoms with Crippen molar-refractivity contribution in [1.82, 2.24) is 5.32 Å². The molecule has 0 radical (unpaired) electrons. The summed E-state index contributed by atoms with van der Waals surface area (Å²) in [6, 6.07) is -0.364. The third-order valence-corrected chi connectivity index (χ3v) is 2.47. The molecular weight excluding hydrogens is 246 g/mol. The van der Waals surface area contributed by atoms with Crippen LogP contribution in [0.15, 0.2) is 16.8 Å². The summed E-state index contributed by atoms with van der Waals surface area (Å²) in [6.45, 7) is 0. The van der Waals surface area contributed by atoms with Crippen LogP contribution in [0.5, 0.6) is 0 Å². The predicted molar refractivity (Wildman–Crippen MR) is 61.7 cm³/mol. The number of thiophene rings is 1. The van der Waals surface area contributed by atoms with Gasteiger partial charge in [-0.25, -0.2) is 9.59 Å². The van der Waals surface area contributed by atoms with E-state index < -0.39 is 30.4 Å². The van der Waals surface area contributed by atoms with Crippen molar-refractivity contribution in [2.45, 2.75) is 12.5 Å². The van der Waals surface area contributed by atoms with Gasteiger partial charge in [-0.3, -0.25) is 4.79 Å². The standard InChI is InChI=1S/C9H11N3O4S/c10-7(13)3-6(8(14)15)12-9(16)11-5-1-2-17-4-5/h1-2,4,6H,3H2,(H2,10,13)(H,14,15)(H2,11,12,16). The molecule has 3 amide bonds. The highest BCUT2D eigenvalue weighted by molar-refractivity contribution is 7.08. The largest absolute Gasteiger partial charge is 0.480 e. The van der Waals surface area contributed by atoms with Crippen LogP contribution >= 0.6 is 11.3 Å². The number of carbonyl (C=O) groups is 3. The second-order valence-corrected chi connectivity index (χ2v) is 3.95. The fraction of sp³-hybridized carbons (Fsp3) is 0.222. The van der Waals surface area contributed by atoms with E-state index >= 15 is 0 Å². The minimum absolute atomic E-state index is 0.452. The Morgan fingerprint density at radius 1 is 1.47 bits per heavy atom. The monoisotopic (exact) mass is 257 g/mol. The van der Waals surface area contributed by atoms with Gasteiger partial charge in [0.15, 0.2) is 0 Å². The zero-order valence-electron chi connectivity index (χ0n) is 8.67. The highest BCUT2D eigenvalue weighted by Gasteiger charge is 2.21. The number of amides is 3. The fourth-order valence-corrected chi connectivity index (χ4v) is 1.65. The van der Waals surface area contributed by atoms with Crippen molar-refractivity contribution in [1.29, 1.82) is 0 Å². The van der Waals surface area contributed by atoms with Gasteiger partial charge in [-0.05, 0) is 11.4 Å². The zero-order chi connectivity index (χ0) is 12.8. The first-order valence-corrected chi connectivity index (χ1v) is 5.54. The van der Waals surface area contributed by atoms with Crippen LogP contribution in [0.3, 0.4) is 0 Å². The zero-order valence-corrected chi connectivity index (χ0v) is 9.49. The van der Waals surface area contributed by atoms with Crippen LogP contribution < -0.4 is 16.4 Å². The van der Waals surface area contributed by atoms with Crippen molar-refractivity contribution < 1.29 is 19.5 Å². The number of nitrogens with two attached hydrogens (primary N) is 1. The summed E-state index contributed by atoms with van der Waals surface area (Å²) >= 11 is 1.38. The van der Waals surface area contributed by atoms with E-state index in [0.29, 0.717) is 5.69 Å². The molecule has 17 heavy (non-hydrogen) atoms. The maximum atomic E-state index is 11.4. The number of carbonyl (C=O) groups excluding carboxylic acids is 2. The molecule has 92 valence electrons. The number of carboxylic acid groups (broad SMARTS) is 1. The number of anilines is 1. The minimum Gasteiger partial charge on any atom is -0.480 e. The highest BCUT2D eigenvalue weighted by Crippen LogP contribution is 2.11.